The van der Waals surface area contributed by atoms with E-state index in [4.69, 9.17) is 4.74 Å². The molecule has 0 fully saturated rings. The molecule has 0 saturated heterocycles. The Morgan fingerprint density at radius 2 is 2.08 bits per heavy atom. The third kappa shape index (κ3) is 3.72. The van der Waals surface area contributed by atoms with E-state index in [9.17, 15) is 4.79 Å². The van der Waals surface area contributed by atoms with Gasteiger partial charge in [-0.3, -0.25) is 4.79 Å². The Balaban J connectivity index is 3.95. The predicted molar refractivity (Wildman–Crippen MR) is 49.0 cm³/mol. The average molecular weight is 173 g/mol. The van der Waals surface area contributed by atoms with Crippen LogP contribution in [-0.4, -0.2) is 37.1 Å². The highest BCUT2D eigenvalue weighted by atomic mass is 16.5. The van der Waals surface area contributed by atoms with Crippen LogP contribution >= 0.6 is 0 Å². The molecule has 0 unspecified atom stereocenters. The van der Waals surface area contributed by atoms with Gasteiger partial charge in [-0.15, -0.1) is 0 Å². The lowest BCUT2D eigenvalue weighted by atomic mass is 10.3. The maximum absolute atomic E-state index is 11.3. The molecule has 0 aliphatic rings. The first-order valence-electron chi connectivity index (χ1n) is 4.41. The van der Waals surface area contributed by atoms with Gasteiger partial charge in [-0.25, -0.2) is 0 Å². The van der Waals surface area contributed by atoms with Crippen LogP contribution in [0.5, 0.6) is 0 Å². The summed E-state index contributed by atoms with van der Waals surface area (Å²) < 4.78 is 4.92. The lowest BCUT2D eigenvalue weighted by Gasteiger charge is -2.25. The van der Waals surface area contributed by atoms with Crippen LogP contribution in [0.15, 0.2) is 0 Å². The highest BCUT2D eigenvalue weighted by Crippen LogP contribution is 2.00. The minimum absolute atomic E-state index is 0.196. The quantitative estimate of drug-likeness (QED) is 0.626. The van der Waals surface area contributed by atoms with Gasteiger partial charge in [0.2, 0.25) is 5.91 Å². The van der Waals surface area contributed by atoms with E-state index in [0.717, 1.165) is 0 Å². The van der Waals surface area contributed by atoms with Crippen molar-refractivity contribution in [1.29, 1.82) is 0 Å². The van der Waals surface area contributed by atoms with Gasteiger partial charge in [-0.05, 0) is 13.8 Å². The van der Waals surface area contributed by atoms with Gasteiger partial charge >= 0.3 is 0 Å². The van der Waals surface area contributed by atoms with Crippen LogP contribution in [0.25, 0.3) is 0 Å². The Morgan fingerprint density at radius 1 is 1.50 bits per heavy atom. The smallest absolute Gasteiger partial charge is 0.222 e. The van der Waals surface area contributed by atoms with Crippen molar-refractivity contribution >= 4 is 5.91 Å². The second-order valence-electron chi connectivity index (χ2n) is 3.03. The highest BCUT2D eigenvalue weighted by Gasteiger charge is 2.13. The largest absolute Gasteiger partial charge is 0.383 e. The molecular formula is C9H19NO2. The zero-order valence-electron chi connectivity index (χ0n) is 8.46. The molecule has 0 aromatic rings. The molecule has 0 rings (SSSR count). The average Bonchev–Trinajstić information content (AvgIpc) is 2.04. The number of carbonyl (C=O) groups is 1. The molecule has 0 N–H and O–H groups in total. The summed E-state index contributed by atoms with van der Waals surface area (Å²) in [5, 5.41) is 0. The number of hydrogen-bond acceptors (Lipinski definition) is 2. The summed E-state index contributed by atoms with van der Waals surface area (Å²) in [7, 11) is 1.65. The molecule has 0 aliphatic carbocycles. The zero-order valence-corrected chi connectivity index (χ0v) is 8.46. The molecule has 0 radical (unpaired) electrons. The van der Waals surface area contributed by atoms with E-state index in [1.807, 2.05) is 25.7 Å². The van der Waals surface area contributed by atoms with Gasteiger partial charge in [-0.2, -0.15) is 0 Å². The SMILES string of the molecule is CCC(=O)N(CCOC)C(C)C. The number of methoxy groups -OCH3 is 1. The minimum atomic E-state index is 0.196. The van der Waals surface area contributed by atoms with Crippen molar-refractivity contribution in [3.05, 3.63) is 0 Å². The highest BCUT2D eigenvalue weighted by molar-refractivity contribution is 5.76. The number of hydrogen-bond donors (Lipinski definition) is 0. The molecule has 0 saturated carbocycles. The van der Waals surface area contributed by atoms with Gasteiger partial charge in [0.25, 0.3) is 0 Å². The van der Waals surface area contributed by atoms with Crippen molar-refractivity contribution in [1.82, 2.24) is 4.90 Å². The lowest BCUT2D eigenvalue weighted by molar-refractivity contribution is -0.133. The first-order chi connectivity index (χ1) is 5.63. The zero-order chi connectivity index (χ0) is 9.56. The standard InChI is InChI=1S/C9H19NO2/c1-5-9(11)10(8(2)3)6-7-12-4/h8H,5-7H2,1-4H3. The monoisotopic (exact) mass is 173 g/mol. The lowest BCUT2D eigenvalue weighted by Crippen LogP contribution is -2.38. The fraction of sp³-hybridized carbons (Fsp3) is 0.889. The Labute approximate surface area is 74.7 Å². The van der Waals surface area contributed by atoms with Gasteiger partial charge in [-0.1, -0.05) is 6.92 Å². The summed E-state index contributed by atoms with van der Waals surface area (Å²) >= 11 is 0. The third-order valence-corrected chi connectivity index (χ3v) is 1.78. The first-order valence-corrected chi connectivity index (χ1v) is 4.41. The van der Waals surface area contributed by atoms with Gasteiger partial charge < -0.3 is 9.64 Å². The molecule has 0 bridgehead atoms. The molecule has 0 aliphatic heterocycles. The van der Waals surface area contributed by atoms with Crippen LogP contribution in [0.2, 0.25) is 0 Å². The van der Waals surface area contributed by atoms with Crippen LogP contribution < -0.4 is 0 Å². The fourth-order valence-electron chi connectivity index (χ4n) is 1.06. The van der Waals surface area contributed by atoms with Crippen molar-refractivity contribution in [2.45, 2.75) is 33.2 Å². The van der Waals surface area contributed by atoms with E-state index in [1.54, 1.807) is 7.11 Å². The predicted octanol–water partition coefficient (Wildman–Crippen LogP) is 1.28. The van der Waals surface area contributed by atoms with E-state index in [1.165, 1.54) is 0 Å². The normalized spacial score (nSPS) is 10.4. The van der Waals surface area contributed by atoms with Crippen molar-refractivity contribution in [3.8, 4) is 0 Å². The molecule has 12 heavy (non-hydrogen) atoms. The third-order valence-electron chi connectivity index (χ3n) is 1.78. The second kappa shape index (κ2) is 6.00. The molecule has 72 valence electrons. The number of nitrogens with zero attached hydrogens (tertiary/aromatic N) is 1. The van der Waals surface area contributed by atoms with E-state index < -0.39 is 0 Å². The van der Waals surface area contributed by atoms with Gasteiger partial charge in [0.1, 0.15) is 0 Å². The van der Waals surface area contributed by atoms with Crippen LogP contribution in [0.3, 0.4) is 0 Å². The van der Waals surface area contributed by atoms with Crippen molar-refractivity contribution in [3.63, 3.8) is 0 Å². The summed E-state index contributed by atoms with van der Waals surface area (Å²) in [5.74, 6) is 0.196. The maximum Gasteiger partial charge on any atom is 0.222 e. The molecule has 3 nitrogen and oxygen atoms in total. The summed E-state index contributed by atoms with van der Waals surface area (Å²) in [4.78, 5) is 13.2. The first kappa shape index (κ1) is 11.4. The Hall–Kier alpha value is -0.570. The molecule has 0 aromatic carbocycles. The molecule has 0 aromatic heterocycles. The number of rotatable bonds is 5. The summed E-state index contributed by atoms with van der Waals surface area (Å²) in [6.45, 7) is 7.22. The molecule has 0 atom stereocenters. The van der Waals surface area contributed by atoms with Crippen molar-refractivity contribution < 1.29 is 9.53 Å². The summed E-state index contributed by atoms with van der Waals surface area (Å²) in [6, 6.07) is 0.271. The second-order valence-corrected chi connectivity index (χ2v) is 3.03. The van der Waals surface area contributed by atoms with Crippen molar-refractivity contribution in [2.75, 3.05) is 20.3 Å². The summed E-state index contributed by atoms with van der Waals surface area (Å²) in [5.41, 5.74) is 0. The van der Waals surface area contributed by atoms with Gasteiger partial charge in [0, 0.05) is 26.1 Å². The topological polar surface area (TPSA) is 29.5 Å². The molecule has 0 heterocycles. The van der Waals surface area contributed by atoms with Crippen LogP contribution in [-0.2, 0) is 9.53 Å². The van der Waals surface area contributed by atoms with E-state index in [0.29, 0.717) is 19.6 Å². The Bertz CT molecular complexity index is 134. The molecule has 1 amide bonds. The van der Waals surface area contributed by atoms with Crippen molar-refractivity contribution in [2.24, 2.45) is 0 Å². The minimum Gasteiger partial charge on any atom is -0.383 e. The molecule has 3 heteroatoms. The Morgan fingerprint density at radius 3 is 2.42 bits per heavy atom. The molecule has 0 spiro atoms. The summed E-state index contributed by atoms with van der Waals surface area (Å²) in [6.07, 6.45) is 0.571. The number of amides is 1. The van der Waals surface area contributed by atoms with Gasteiger partial charge in [0.15, 0.2) is 0 Å². The Kier molecular flexibility index (Phi) is 5.72. The number of carbonyl (C=O) groups excluding carboxylic acids is 1. The van der Waals surface area contributed by atoms with Gasteiger partial charge in [0.05, 0.1) is 6.61 Å². The number of ether oxygens (including phenoxy) is 1. The fourth-order valence-corrected chi connectivity index (χ4v) is 1.06. The van der Waals surface area contributed by atoms with E-state index >= 15 is 0 Å². The van der Waals surface area contributed by atoms with Crippen LogP contribution in [0.4, 0.5) is 0 Å². The maximum atomic E-state index is 11.3. The molecular weight excluding hydrogens is 154 g/mol. The van der Waals surface area contributed by atoms with E-state index in [-0.39, 0.29) is 11.9 Å². The van der Waals surface area contributed by atoms with E-state index in [2.05, 4.69) is 0 Å². The van der Waals surface area contributed by atoms with Crippen LogP contribution in [0, 0.1) is 0 Å². The van der Waals surface area contributed by atoms with Crippen LogP contribution in [0.1, 0.15) is 27.2 Å².